The Hall–Kier alpha value is -2.37. The first-order chi connectivity index (χ1) is 12.0. The second-order valence-corrected chi connectivity index (χ2v) is 7.90. The van der Waals surface area contributed by atoms with Gasteiger partial charge in [0.05, 0.1) is 6.61 Å². The molecule has 0 radical (unpaired) electrons. The van der Waals surface area contributed by atoms with Gasteiger partial charge in [-0.15, -0.1) is 0 Å². The predicted octanol–water partition coefficient (Wildman–Crippen LogP) is 3.09. The van der Waals surface area contributed by atoms with E-state index in [-0.39, 0.29) is 12.0 Å². The minimum absolute atomic E-state index is 0.00798. The number of nitrogens with zero attached hydrogens (tertiary/aromatic N) is 1. The molecule has 1 heterocycles. The highest BCUT2D eigenvalue weighted by molar-refractivity contribution is 6.09. The molecule has 142 valence electrons. The van der Waals surface area contributed by atoms with Gasteiger partial charge >= 0.3 is 12.0 Å². The van der Waals surface area contributed by atoms with Gasteiger partial charge in [-0.05, 0) is 36.8 Å². The summed E-state index contributed by atoms with van der Waals surface area (Å²) < 4.78 is 5.08. The van der Waals surface area contributed by atoms with Crippen LogP contribution in [0.5, 0.6) is 0 Å². The predicted molar refractivity (Wildman–Crippen MR) is 98.6 cm³/mol. The number of rotatable bonds is 5. The Balaban J connectivity index is 2.27. The standard InChI is InChI=1S/C20H28N2O4/c1-7-12-26-16(23)13(2)22-17(24)20(6,21-18(22)25)15-10-8-14(9-11-15)19(3,4)5/h8-11,13H,7,12H2,1-6H3,(H,21,25). The van der Waals surface area contributed by atoms with Crippen molar-refractivity contribution >= 4 is 17.9 Å². The van der Waals surface area contributed by atoms with Crippen LogP contribution in [-0.2, 0) is 25.3 Å². The van der Waals surface area contributed by atoms with E-state index in [1.54, 1.807) is 6.92 Å². The first-order valence-corrected chi connectivity index (χ1v) is 8.96. The van der Waals surface area contributed by atoms with E-state index < -0.39 is 29.5 Å². The highest BCUT2D eigenvalue weighted by Crippen LogP contribution is 2.32. The molecule has 1 aromatic carbocycles. The van der Waals surface area contributed by atoms with Crippen LogP contribution < -0.4 is 5.32 Å². The molecule has 0 aliphatic carbocycles. The smallest absolute Gasteiger partial charge is 0.329 e. The van der Waals surface area contributed by atoms with E-state index >= 15 is 0 Å². The normalized spacial score (nSPS) is 21.5. The summed E-state index contributed by atoms with van der Waals surface area (Å²) in [4.78, 5) is 38.4. The van der Waals surface area contributed by atoms with Crippen LogP contribution in [0.2, 0.25) is 0 Å². The van der Waals surface area contributed by atoms with E-state index in [1.807, 2.05) is 31.2 Å². The molecule has 6 heteroatoms. The fourth-order valence-corrected chi connectivity index (χ4v) is 2.94. The summed E-state index contributed by atoms with van der Waals surface area (Å²) in [6, 6.07) is 6.07. The number of carbonyl (C=O) groups is 3. The molecule has 6 nitrogen and oxygen atoms in total. The van der Waals surface area contributed by atoms with Gasteiger partial charge in [-0.25, -0.2) is 14.5 Å². The van der Waals surface area contributed by atoms with Crippen LogP contribution >= 0.6 is 0 Å². The van der Waals surface area contributed by atoms with Gasteiger partial charge in [0.1, 0.15) is 11.6 Å². The fraction of sp³-hybridized carbons (Fsp3) is 0.550. The number of urea groups is 1. The maximum Gasteiger partial charge on any atom is 0.329 e. The average Bonchev–Trinajstić information content (AvgIpc) is 2.81. The van der Waals surface area contributed by atoms with Crippen LogP contribution in [0.25, 0.3) is 0 Å². The molecule has 1 N–H and O–H groups in total. The lowest BCUT2D eigenvalue weighted by atomic mass is 9.84. The van der Waals surface area contributed by atoms with Gasteiger partial charge in [0.15, 0.2) is 0 Å². The van der Waals surface area contributed by atoms with Crippen molar-refractivity contribution in [1.82, 2.24) is 10.2 Å². The summed E-state index contributed by atoms with van der Waals surface area (Å²) in [6.45, 7) is 11.6. The first kappa shape index (κ1) is 19.9. The van der Waals surface area contributed by atoms with Gasteiger partial charge < -0.3 is 10.1 Å². The molecule has 1 fully saturated rings. The summed E-state index contributed by atoms with van der Waals surface area (Å²) in [6.07, 6.45) is 0.677. The molecule has 26 heavy (non-hydrogen) atoms. The number of esters is 1. The van der Waals surface area contributed by atoms with Gasteiger partial charge in [0.2, 0.25) is 0 Å². The van der Waals surface area contributed by atoms with Crippen molar-refractivity contribution in [3.8, 4) is 0 Å². The van der Waals surface area contributed by atoms with Crippen LogP contribution in [-0.4, -0.2) is 35.5 Å². The summed E-state index contributed by atoms with van der Waals surface area (Å²) in [5.41, 5.74) is 0.606. The second kappa shape index (κ2) is 7.09. The monoisotopic (exact) mass is 360 g/mol. The van der Waals surface area contributed by atoms with Crippen LogP contribution in [0, 0.1) is 0 Å². The fourth-order valence-electron chi connectivity index (χ4n) is 2.94. The maximum absolute atomic E-state index is 13.0. The molecule has 0 saturated carbocycles. The molecule has 1 aromatic rings. The number of nitrogens with one attached hydrogen (secondary N) is 1. The Labute approximate surface area is 154 Å². The average molecular weight is 360 g/mol. The van der Waals surface area contributed by atoms with Crippen molar-refractivity contribution in [3.05, 3.63) is 35.4 Å². The highest BCUT2D eigenvalue weighted by Gasteiger charge is 2.52. The Morgan fingerprint density at radius 1 is 1.23 bits per heavy atom. The zero-order chi connectivity index (χ0) is 19.7. The molecule has 1 aliphatic rings. The number of ether oxygens (including phenoxy) is 1. The van der Waals surface area contributed by atoms with Crippen LogP contribution in [0.1, 0.15) is 59.1 Å². The van der Waals surface area contributed by atoms with E-state index in [2.05, 4.69) is 26.1 Å². The molecular weight excluding hydrogens is 332 g/mol. The SMILES string of the molecule is CCCOC(=O)C(C)N1C(=O)NC(C)(c2ccc(C(C)(C)C)cc2)C1=O. The molecule has 1 aliphatic heterocycles. The van der Waals surface area contributed by atoms with Crippen LogP contribution in [0.3, 0.4) is 0 Å². The third-order valence-corrected chi connectivity index (χ3v) is 4.73. The Bertz CT molecular complexity index is 706. The zero-order valence-electron chi connectivity index (χ0n) is 16.4. The summed E-state index contributed by atoms with van der Waals surface area (Å²) in [5, 5.41) is 2.73. The molecule has 2 unspecified atom stereocenters. The lowest BCUT2D eigenvalue weighted by Gasteiger charge is -2.25. The van der Waals surface area contributed by atoms with Gasteiger partial charge in [0.25, 0.3) is 5.91 Å². The van der Waals surface area contributed by atoms with Crippen molar-refractivity contribution in [2.45, 2.75) is 65.0 Å². The minimum Gasteiger partial charge on any atom is -0.464 e. The molecule has 2 rings (SSSR count). The van der Waals surface area contributed by atoms with Crippen molar-refractivity contribution in [3.63, 3.8) is 0 Å². The lowest BCUT2D eigenvalue weighted by Crippen LogP contribution is -2.46. The van der Waals surface area contributed by atoms with Crippen LogP contribution in [0.15, 0.2) is 24.3 Å². The van der Waals surface area contributed by atoms with Crippen molar-refractivity contribution in [2.24, 2.45) is 0 Å². The molecular formula is C20H28N2O4. The van der Waals surface area contributed by atoms with Crippen molar-refractivity contribution in [2.75, 3.05) is 6.61 Å². The number of amides is 3. The number of imide groups is 1. The number of carbonyl (C=O) groups excluding carboxylic acids is 3. The zero-order valence-corrected chi connectivity index (χ0v) is 16.4. The Morgan fingerprint density at radius 3 is 2.31 bits per heavy atom. The lowest BCUT2D eigenvalue weighted by molar-refractivity contribution is -0.152. The Morgan fingerprint density at radius 2 is 1.81 bits per heavy atom. The molecule has 2 atom stereocenters. The van der Waals surface area contributed by atoms with Gasteiger partial charge in [-0.3, -0.25) is 4.79 Å². The van der Waals surface area contributed by atoms with E-state index in [9.17, 15) is 14.4 Å². The highest BCUT2D eigenvalue weighted by atomic mass is 16.5. The Kier molecular flexibility index (Phi) is 5.44. The summed E-state index contributed by atoms with van der Waals surface area (Å²) in [7, 11) is 0. The third-order valence-electron chi connectivity index (χ3n) is 4.73. The molecule has 1 saturated heterocycles. The minimum atomic E-state index is -1.20. The number of hydrogen-bond acceptors (Lipinski definition) is 4. The second-order valence-electron chi connectivity index (χ2n) is 7.90. The van der Waals surface area contributed by atoms with Crippen molar-refractivity contribution < 1.29 is 19.1 Å². The quantitative estimate of drug-likeness (QED) is 0.647. The van der Waals surface area contributed by atoms with Gasteiger partial charge in [-0.2, -0.15) is 0 Å². The first-order valence-electron chi connectivity index (χ1n) is 8.96. The molecule has 0 spiro atoms. The van der Waals surface area contributed by atoms with Crippen molar-refractivity contribution in [1.29, 1.82) is 0 Å². The third kappa shape index (κ3) is 3.59. The van der Waals surface area contributed by atoms with Gasteiger partial charge in [-0.1, -0.05) is 52.0 Å². The summed E-state index contributed by atoms with van der Waals surface area (Å²) >= 11 is 0. The topological polar surface area (TPSA) is 75.7 Å². The van der Waals surface area contributed by atoms with Crippen LogP contribution in [0.4, 0.5) is 4.79 Å². The van der Waals surface area contributed by atoms with E-state index in [0.717, 1.165) is 10.5 Å². The molecule has 3 amide bonds. The number of hydrogen-bond donors (Lipinski definition) is 1. The van der Waals surface area contributed by atoms with Gasteiger partial charge in [0, 0.05) is 0 Å². The number of benzene rings is 1. The molecule has 0 aromatic heterocycles. The van der Waals surface area contributed by atoms with E-state index in [1.165, 1.54) is 6.92 Å². The summed E-state index contributed by atoms with van der Waals surface area (Å²) in [5.74, 6) is -1.03. The van der Waals surface area contributed by atoms with E-state index in [0.29, 0.717) is 12.0 Å². The van der Waals surface area contributed by atoms with E-state index in [4.69, 9.17) is 4.74 Å². The largest absolute Gasteiger partial charge is 0.464 e. The maximum atomic E-state index is 13.0. The molecule has 0 bridgehead atoms.